The molecule has 1 saturated carbocycles. The monoisotopic (exact) mass is 343 g/mol. The van der Waals surface area contributed by atoms with E-state index in [1.54, 1.807) is 6.92 Å². The minimum Gasteiger partial charge on any atom is -0.393 e. The number of nitrogens with zero attached hydrogens (tertiary/aromatic N) is 1. The van der Waals surface area contributed by atoms with E-state index in [2.05, 4.69) is 10.3 Å². The van der Waals surface area contributed by atoms with Crippen molar-refractivity contribution in [2.45, 2.75) is 38.5 Å². The third-order valence-corrected chi connectivity index (χ3v) is 4.60. The van der Waals surface area contributed by atoms with Crippen molar-refractivity contribution >= 4 is 5.91 Å². The molecule has 7 nitrogen and oxygen atoms in total. The number of aromatic nitrogens is 2. The van der Waals surface area contributed by atoms with E-state index in [1.165, 1.54) is 10.8 Å². The number of rotatable bonds is 5. The summed E-state index contributed by atoms with van der Waals surface area (Å²) in [6, 6.07) is 9.37. The van der Waals surface area contributed by atoms with Gasteiger partial charge in [0.25, 0.3) is 5.56 Å². The van der Waals surface area contributed by atoms with Gasteiger partial charge in [-0.3, -0.25) is 19.1 Å². The second-order valence-electron chi connectivity index (χ2n) is 6.54. The van der Waals surface area contributed by atoms with Gasteiger partial charge in [0.05, 0.1) is 12.1 Å². The van der Waals surface area contributed by atoms with Crippen molar-refractivity contribution < 1.29 is 9.90 Å². The summed E-state index contributed by atoms with van der Waals surface area (Å²) < 4.78 is 1.18. The zero-order chi connectivity index (χ0) is 18.0. The molecule has 0 radical (unpaired) electrons. The van der Waals surface area contributed by atoms with Gasteiger partial charge in [0.2, 0.25) is 5.91 Å². The maximum Gasteiger partial charge on any atom is 0.328 e. The molecule has 1 aromatic carbocycles. The van der Waals surface area contributed by atoms with Crippen LogP contribution < -0.4 is 16.6 Å². The van der Waals surface area contributed by atoms with Crippen LogP contribution in [-0.4, -0.2) is 26.7 Å². The normalized spacial score (nSPS) is 20.6. The summed E-state index contributed by atoms with van der Waals surface area (Å²) in [4.78, 5) is 37.9. The van der Waals surface area contributed by atoms with Gasteiger partial charge in [-0.15, -0.1) is 0 Å². The highest BCUT2D eigenvalue weighted by molar-refractivity contribution is 5.76. The minimum atomic E-state index is -0.610. The third kappa shape index (κ3) is 3.88. The number of aromatic amines is 1. The lowest BCUT2D eigenvalue weighted by Gasteiger charge is -2.38. The van der Waals surface area contributed by atoms with Crippen molar-refractivity contribution in [1.82, 2.24) is 14.9 Å². The van der Waals surface area contributed by atoms with Gasteiger partial charge in [-0.25, -0.2) is 4.79 Å². The average Bonchev–Trinajstić information content (AvgIpc) is 2.56. The maximum absolute atomic E-state index is 12.4. The molecular weight excluding hydrogens is 322 g/mol. The van der Waals surface area contributed by atoms with Crippen molar-refractivity contribution in [3.63, 3.8) is 0 Å². The van der Waals surface area contributed by atoms with Crippen LogP contribution >= 0.6 is 0 Å². The van der Waals surface area contributed by atoms with Gasteiger partial charge in [0.15, 0.2) is 0 Å². The number of H-pyrrole nitrogens is 1. The molecule has 0 saturated heterocycles. The molecule has 1 aliphatic rings. The number of hydrogen-bond acceptors (Lipinski definition) is 4. The predicted molar refractivity (Wildman–Crippen MR) is 92.1 cm³/mol. The lowest BCUT2D eigenvalue weighted by atomic mass is 9.75. The fourth-order valence-electron chi connectivity index (χ4n) is 3.15. The fraction of sp³-hybridized carbons (Fsp3) is 0.389. The molecule has 2 aromatic rings. The van der Waals surface area contributed by atoms with Gasteiger partial charge in [-0.1, -0.05) is 30.3 Å². The van der Waals surface area contributed by atoms with Crippen LogP contribution in [0.25, 0.3) is 0 Å². The van der Waals surface area contributed by atoms with Crippen LogP contribution in [0, 0.1) is 12.8 Å². The van der Waals surface area contributed by atoms with Crippen LogP contribution in [-0.2, 0) is 11.3 Å². The molecule has 1 aromatic heterocycles. The Morgan fingerprint density at radius 3 is 2.64 bits per heavy atom. The zero-order valence-electron chi connectivity index (χ0n) is 13.9. The number of aliphatic hydroxyl groups is 1. The molecule has 132 valence electrons. The van der Waals surface area contributed by atoms with E-state index < -0.39 is 11.2 Å². The molecule has 7 heteroatoms. The van der Waals surface area contributed by atoms with Crippen molar-refractivity contribution in [2.75, 3.05) is 0 Å². The molecule has 25 heavy (non-hydrogen) atoms. The third-order valence-electron chi connectivity index (χ3n) is 4.60. The molecular formula is C18H21N3O4. The van der Waals surface area contributed by atoms with Crippen molar-refractivity contribution in [3.8, 4) is 0 Å². The maximum atomic E-state index is 12.4. The molecule has 0 bridgehead atoms. The highest BCUT2D eigenvalue weighted by atomic mass is 16.3. The minimum absolute atomic E-state index is 0.162. The van der Waals surface area contributed by atoms with Crippen LogP contribution in [0.2, 0.25) is 0 Å². The molecule has 3 N–H and O–H groups in total. The second kappa shape index (κ2) is 7.06. The average molecular weight is 343 g/mol. The number of carbonyl (C=O) groups excluding carboxylic acids is 1. The zero-order valence-corrected chi connectivity index (χ0v) is 13.9. The first-order chi connectivity index (χ1) is 11.9. The Morgan fingerprint density at radius 1 is 1.32 bits per heavy atom. The van der Waals surface area contributed by atoms with E-state index in [4.69, 9.17) is 0 Å². The SMILES string of the molecule is Cc1cn(CC(=O)N[C@@H](c2ccccc2)C2CC(O)C2)c(=O)[nH]c1=O. The fourth-order valence-corrected chi connectivity index (χ4v) is 3.15. The number of carbonyl (C=O) groups is 1. The van der Waals surface area contributed by atoms with Gasteiger partial charge in [0, 0.05) is 11.8 Å². The summed E-state index contributed by atoms with van der Waals surface area (Å²) >= 11 is 0. The van der Waals surface area contributed by atoms with Gasteiger partial charge < -0.3 is 10.4 Å². The first kappa shape index (κ1) is 17.2. The second-order valence-corrected chi connectivity index (χ2v) is 6.54. The Labute approximate surface area is 144 Å². The van der Waals surface area contributed by atoms with Gasteiger partial charge in [0.1, 0.15) is 6.54 Å². The number of aliphatic hydroxyl groups excluding tert-OH is 1. The first-order valence-corrected chi connectivity index (χ1v) is 8.27. The number of nitrogens with one attached hydrogen (secondary N) is 2. The molecule has 1 aliphatic carbocycles. The van der Waals surface area contributed by atoms with E-state index >= 15 is 0 Å². The largest absolute Gasteiger partial charge is 0.393 e. The lowest BCUT2D eigenvalue weighted by molar-refractivity contribution is -0.123. The Morgan fingerprint density at radius 2 is 2.00 bits per heavy atom. The Kier molecular flexibility index (Phi) is 4.85. The van der Waals surface area contributed by atoms with E-state index in [0.717, 1.165) is 5.56 Å². The van der Waals surface area contributed by atoms with E-state index in [9.17, 15) is 19.5 Å². The van der Waals surface area contributed by atoms with Crippen LogP contribution in [0.5, 0.6) is 0 Å². The molecule has 0 unspecified atom stereocenters. The molecule has 0 spiro atoms. The number of aryl methyl sites for hydroxylation is 1. The molecule has 0 aliphatic heterocycles. The molecule has 1 fully saturated rings. The first-order valence-electron chi connectivity index (χ1n) is 8.27. The highest BCUT2D eigenvalue weighted by Crippen LogP contribution is 2.37. The standard InChI is InChI=1S/C18H21N3O4/c1-11-9-21(18(25)20-17(11)24)10-15(23)19-16(13-7-14(22)8-13)12-5-3-2-4-6-12/h2-6,9,13-14,16,22H,7-8,10H2,1H3,(H,19,23)(H,20,24,25)/t13?,14?,16-/m0/s1. The van der Waals surface area contributed by atoms with Crippen molar-refractivity contribution in [2.24, 2.45) is 5.92 Å². The van der Waals surface area contributed by atoms with E-state index in [1.807, 2.05) is 30.3 Å². The molecule has 1 atom stereocenters. The summed E-state index contributed by atoms with van der Waals surface area (Å²) in [7, 11) is 0. The summed E-state index contributed by atoms with van der Waals surface area (Å²) in [5.74, 6) is -0.154. The summed E-state index contributed by atoms with van der Waals surface area (Å²) in [6.07, 6.45) is 2.33. The van der Waals surface area contributed by atoms with E-state index in [0.29, 0.717) is 18.4 Å². The number of amides is 1. The Bertz CT molecular complexity index is 866. The highest BCUT2D eigenvalue weighted by Gasteiger charge is 2.35. The number of hydrogen-bond donors (Lipinski definition) is 3. The smallest absolute Gasteiger partial charge is 0.328 e. The Hall–Kier alpha value is -2.67. The van der Waals surface area contributed by atoms with Gasteiger partial charge in [-0.05, 0) is 31.2 Å². The Balaban J connectivity index is 1.76. The van der Waals surface area contributed by atoms with Crippen molar-refractivity contribution in [3.05, 3.63) is 68.5 Å². The molecule has 1 amide bonds. The van der Waals surface area contributed by atoms with Gasteiger partial charge in [-0.2, -0.15) is 0 Å². The molecule has 1 heterocycles. The van der Waals surface area contributed by atoms with E-state index in [-0.39, 0.29) is 30.5 Å². The molecule has 3 rings (SSSR count). The van der Waals surface area contributed by atoms with Crippen LogP contribution in [0.3, 0.4) is 0 Å². The number of benzene rings is 1. The summed E-state index contributed by atoms with van der Waals surface area (Å²) in [6.45, 7) is 1.41. The van der Waals surface area contributed by atoms with Crippen LogP contribution in [0.15, 0.2) is 46.1 Å². The van der Waals surface area contributed by atoms with Crippen LogP contribution in [0.1, 0.15) is 30.0 Å². The van der Waals surface area contributed by atoms with Gasteiger partial charge >= 0.3 is 5.69 Å². The van der Waals surface area contributed by atoms with Crippen molar-refractivity contribution in [1.29, 1.82) is 0 Å². The quantitative estimate of drug-likeness (QED) is 0.734. The topological polar surface area (TPSA) is 104 Å². The lowest BCUT2D eigenvalue weighted by Crippen LogP contribution is -2.43. The summed E-state index contributed by atoms with van der Waals surface area (Å²) in [5.41, 5.74) is 0.278. The predicted octanol–water partition coefficient (Wildman–Crippen LogP) is 0.473. The van der Waals surface area contributed by atoms with Crippen LogP contribution in [0.4, 0.5) is 0 Å². The summed E-state index contributed by atoms with van der Waals surface area (Å²) in [5, 5.41) is 12.5.